The lowest BCUT2D eigenvalue weighted by molar-refractivity contribution is 0.0695. The van der Waals surface area contributed by atoms with Crippen molar-refractivity contribution >= 4 is 43.8 Å². The van der Waals surface area contributed by atoms with Gasteiger partial charge in [0, 0.05) is 8.95 Å². The number of carboxylic acid groups (broad SMARTS) is 2. The predicted molar refractivity (Wildman–Crippen MR) is 55.8 cm³/mol. The van der Waals surface area contributed by atoms with E-state index in [0.717, 1.165) is 6.07 Å². The molecule has 1 aromatic rings. The SMILES string of the molecule is O=C(O)c1cc(C(=O)O)c(Br)cc1Br. The average molecular weight is 324 g/mol. The Labute approximate surface area is 95.8 Å². The molecule has 6 heteroatoms. The van der Waals surface area contributed by atoms with E-state index in [1.165, 1.54) is 6.07 Å². The maximum absolute atomic E-state index is 10.7. The number of benzene rings is 1. The smallest absolute Gasteiger partial charge is 0.336 e. The van der Waals surface area contributed by atoms with Crippen molar-refractivity contribution in [2.24, 2.45) is 0 Å². The summed E-state index contributed by atoms with van der Waals surface area (Å²) in [5.74, 6) is -2.35. The highest BCUT2D eigenvalue weighted by molar-refractivity contribution is 9.11. The Kier molecular flexibility index (Phi) is 3.28. The van der Waals surface area contributed by atoms with Crippen molar-refractivity contribution in [1.82, 2.24) is 0 Å². The highest BCUT2D eigenvalue weighted by atomic mass is 79.9. The highest BCUT2D eigenvalue weighted by Crippen LogP contribution is 2.26. The standard InChI is InChI=1S/C8H4Br2O4/c9-5-2-6(10)4(8(13)14)1-3(5)7(11)12/h1-2H,(H,11,12)(H,13,14). The summed E-state index contributed by atoms with van der Waals surface area (Å²) in [5.41, 5.74) is -0.156. The van der Waals surface area contributed by atoms with Crippen LogP contribution in [0.1, 0.15) is 20.7 Å². The summed E-state index contributed by atoms with van der Waals surface area (Å²) in [6, 6.07) is 2.49. The quantitative estimate of drug-likeness (QED) is 0.877. The van der Waals surface area contributed by atoms with Gasteiger partial charge in [-0.2, -0.15) is 0 Å². The summed E-state index contributed by atoms with van der Waals surface area (Å²) in [7, 11) is 0. The van der Waals surface area contributed by atoms with E-state index in [1.807, 2.05) is 0 Å². The minimum absolute atomic E-state index is 0.0781. The van der Waals surface area contributed by atoms with E-state index in [4.69, 9.17) is 10.2 Å². The van der Waals surface area contributed by atoms with Gasteiger partial charge >= 0.3 is 11.9 Å². The molecule has 1 rings (SSSR count). The first kappa shape index (κ1) is 11.2. The molecule has 0 saturated carbocycles. The fraction of sp³-hybridized carbons (Fsp3) is 0. The molecule has 74 valence electrons. The second-order valence-corrected chi connectivity index (χ2v) is 4.13. The third kappa shape index (κ3) is 2.13. The molecule has 0 heterocycles. The molecule has 0 amide bonds. The minimum Gasteiger partial charge on any atom is -0.478 e. The zero-order valence-electron chi connectivity index (χ0n) is 6.62. The van der Waals surface area contributed by atoms with E-state index in [1.54, 1.807) is 0 Å². The minimum atomic E-state index is -1.17. The van der Waals surface area contributed by atoms with Crippen molar-refractivity contribution in [2.45, 2.75) is 0 Å². The molecular formula is C8H4Br2O4. The largest absolute Gasteiger partial charge is 0.478 e. The van der Waals surface area contributed by atoms with Gasteiger partial charge in [0.25, 0.3) is 0 Å². The van der Waals surface area contributed by atoms with Crippen LogP contribution in [0.5, 0.6) is 0 Å². The topological polar surface area (TPSA) is 74.6 Å². The summed E-state index contributed by atoms with van der Waals surface area (Å²) in [4.78, 5) is 21.3. The van der Waals surface area contributed by atoms with Crippen LogP contribution in [0.15, 0.2) is 21.1 Å². The third-order valence-corrected chi connectivity index (χ3v) is 2.83. The number of rotatable bonds is 2. The Hall–Kier alpha value is -0.880. The van der Waals surface area contributed by atoms with E-state index in [2.05, 4.69) is 31.9 Å². The van der Waals surface area contributed by atoms with E-state index in [-0.39, 0.29) is 11.1 Å². The summed E-state index contributed by atoms with van der Waals surface area (Å²) < 4.78 is 0.670. The first-order chi connectivity index (χ1) is 6.43. The van der Waals surface area contributed by atoms with Gasteiger partial charge in [-0.15, -0.1) is 0 Å². The Morgan fingerprint density at radius 1 is 0.929 bits per heavy atom. The van der Waals surface area contributed by atoms with Crippen LogP contribution in [-0.2, 0) is 0 Å². The zero-order chi connectivity index (χ0) is 10.9. The molecule has 0 radical (unpaired) electrons. The molecular weight excluding hydrogens is 320 g/mol. The Morgan fingerprint density at radius 2 is 1.29 bits per heavy atom. The van der Waals surface area contributed by atoms with Crippen LogP contribution in [0.4, 0.5) is 0 Å². The number of halogens is 2. The molecule has 1 aromatic carbocycles. The number of carboxylic acids is 2. The average Bonchev–Trinajstić information content (AvgIpc) is 2.02. The molecule has 14 heavy (non-hydrogen) atoms. The van der Waals surface area contributed by atoms with Gasteiger partial charge in [0.1, 0.15) is 0 Å². The Bertz CT molecular complexity index is 379. The Balaban J connectivity index is 3.42. The van der Waals surface area contributed by atoms with Crippen LogP contribution in [0.2, 0.25) is 0 Å². The Morgan fingerprint density at radius 3 is 1.57 bits per heavy atom. The summed E-state index contributed by atoms with van der Waals surface area (Å²) in [6.45, 7) is 0. The summed E-state index contributed by atoms with van der Waals surface area (Å²) >= 11 is 6.05. The van der Waals surface area contributed by atoms with Gasteiger partial charge in [0.05, 0.1) is 11.1 Å². The van der Waals surface area contributed by atoms with Crippen LogP contribution in [0, 0.1) is 0 Å². The van der Waals surface area contributed by atoms with Gasteiger partial charge in [0.2, 0.25) is 0 Å². The molecule has 0 unspecified atom stereocenters. The molecule has 2 N–H and O–H groups in total. The first-order valence-electron chi connectivity index (χ1n) is 3.39. The lowest BCUT2D eigenvalue weighted by Gasteiger charge is -2.03. The van der Waals surface area contributed by atoms with Crippen molar-refractivity contribution < 1.29 is 19.8 Å². The van der Waals surface area contributed by atoms with Gasteiger partial charge in [-0.25, -0.2) is 9.59 Å². The number of hydrogen-bond donors (Lipinski definition) is 2. The van der Waals surface area contributed by atoms with Crippen molar-refractivity contribution in [3.8, 4) is 0 Å². The van der Waals surface area contributed by atoms with Gasteiger partial charge in [-0.1, -0.05) is 0 Å². The zero-order valence-corrected chi connectivity index (χ0v) is 9.79. The predicted octanol–water partition coefficient (Wildman–Crippen LogP) is 2.61. The molecule has 0 aromatic heterocycles. The lowest BCUT2D eigenvalue weighted by atomic mass is 10.1. The van der Waals surface area contributed by atoms with Crippen LogP contribution < -0.4 is 0 Å². The van der Waals surface area contributed by atoms with Gasteiger partial charge < -0.3 is 10.2 Å². The molecule has 0 saturated heterocycles. The molecule has 0 bridgehead atoms. The van der Waals surface area contributed by atoms with E-state index in [9.17, 15) is 9.59 Å². The van der Waals surface area contributed by atoms with Crippen molar-refractivity contribution in [3.05, 3.63) is 32.2 Å². The second kappa shape index (κ2) is 4.10. The van der Waals surface area contributed by atoms with Gasteiger partial charge in [-0.3, -0.25) is 0 Å². The summed E-state index contributed by atoms with van der Waals surface area (Å²) in [5, 5.41) is 17.4. The summed E-state index contributed by atoms with van der Waals surface area (Å²) in [6.07, 6.45) is 0. The molecule has 0 atom stereocenters. The van der Waals surface area contributed by atoms with Gasteiger partial charge in [-0.05, 0) is 44.0 Å². The van der Waals surface area contributed by atoms with E-state index >= 15 is 0 Å². The van der Waals surface area contributed by atoms with E-state index < -0.39 is 11.9 Å². The lowest BCUT2D eigenvalue weighted by Crippen LogP contribution is -2.04. The molecule has 4 nitrogen and oxygen atoms in total. The van der Waals surface area contributed by atoms with E-state index in [0.29, 0.717) is 8.95 Å². The van der Waals surface area contributed by atoms with Crippen molar-refractivity contribution in [2.75, 3.05) is 0 Å². The van der Waals surface area contributed by atoms with Crippen LogP contribution in [-0.4, -0.2) is 22.2 Å². The molecule has 0 aliphatic heterocycles. The maximum Gasteiger partial charge on any atom is 0.336 e. The molecule has 0 aliphatic carbocycles. The molecule has 0 fully saturated rings. The van der Waals surface area contributed by atoms with Crippen LogP contribution in [0.25, 0.3) is 0 Å². The van der Waals surface area contributed by atoms with Crippen LogP contribution >= 0.6 is 31.9 Å². The number of hydrogen-bond acceptors (Lipinski definition) is 2. The second-order valence-electron chi connectivity index (χ2n) is 2.42. The van der Waals surface area contributed by atoms with Crippen molar-refractivity contribution in [1.29, 1.82) is 0 Å². The number of aromatic carboxylic acids is 2. The molecule has 0 spiro atoms. The number of carbonyl (C=O) groups is 2. The third-order valence-electron chi connectivity index (χ3n) is 1.52. The monoisotopic (exact) mass is 322 g/mol. The first-order valence-corrected chi connectivity index (χ1v) is 4.97. The normalized spacial score (nSPS) is 9.86. The highest BCUT2D eigenvalue weighted by Gasteiger charge is 2.15. The fourth-order valence-electron chi connectivity index (χ4n) is 0.877. The van der Waals surface area contributed by atoms with Crippen molar-refractivity contribution in [3.63, 3.8) is 0 Å². The maximum atomic E-state index is 10.7. The van der Waals surface area contributed by atoms with Crippen LogP contribution in [0.3, 0.4) is 0 Å². The van der Waals surface area contributed by atoms with Gasteiger partial charge in [0.15, 0.2) is 0 Å². The molecule has 0 aliphatic rings. The fourth-order valence-corrected chi connectivity index (χ4v) is 2.21.